The van der Waals surface area contributed by atoms with Crippen molar-refractivity contribution in [3.8, 4) is 5.75 Å². The number of anilines is 1. The second-order valence-electron chi connectivity index (χ2n) is 4.10. The number of hydrogen-bond donors (Lipinski definition) is 2. The fourth-order valence-electron chi connectivity index (χ4n) is 1.52. The molecule has 0 saturated carbocycles. The van der Waals surface area contributed by atoms with E-state index in [-0.39, 0.29) is 12.5 Å². The minimum Gasteiger partial charge on any atom is -0.484 e. The van der Waals surface area contributed by atoms with Crippen LogP contribution in [0.5, 0.6) is 5.75 Å². The Hall–Kier alpha value is -2.60. The fraction of sp³-hybridized carbons (Fsp3) is 0.0714. The van der Waals surface area contributed by atoms with Crippen LogP contribution in [0.3, 0.4) is 0 Å². The molecule has 2 rings (SSSR count). The summed E-state index contributed by atoms with van der Waals surface area (Å²) in [6, 6.07) is 9.60. The SMILES string of the molecule is NC(=O)COc1cccc(C(=O)Nc2ccc(Cl)cn2)c1. The normalized spacial score (nSPS) is 9.95. The van der Waals surface area contributed by atoms with Crippen LogP contribution in [0.25, 0.3) is 0 Å². The van der Waals surface area contributed by atoms with Crippen LogP contribution in [-0.2, 0) is 4.79 Å². The maximum absolute atomic E-state index is 12.1. The molecular weight excluding hydrogens is 294 g/mol. The fourth-order valence-corrected chi connectivity index (χ4v) is 1.63. The van der Waals surface area contributed by atoms with E-state index >= 15 is 0 Å². The third kappa shape index (κ3) is 4.47. The van der Waals surface area contributed by atoms with E-state index < -0.39 is 5.91 Å². The summed E-state index contributed by atoms with van der Waals surface area (Å²) in [7, 11) is 0. The molecule has 3 N–H and O–H groups in total. The van der Waals surface area contributed by atoms with E-state index in [4.69, 9.17) is 22.1 Å². The number of nitrogens with zero attached hydrogens (tertiary/aromatic N) is 1. The number of pyridine rings is 1. The van der Waals surface area contributed by atoms with Crippen LogP contribution in [0.4, 0.5) is 5.82 Å². The van der Waals surface area contributed by atoms with Crippen molar-refractivity contribution in [3.05, 3.63) is 53.2 Å². The summed E-state index contributed by atoms with van der Waals surface area (Å²) in [5.41, 5.74) is 5.36. The van der Waals surface area contributed by atoms with E-state index in [2.05, 4.69) is 10.3 Å². The standard InChI is InChI=1S/C14H12ClN3O3/c15-10-4-5-13(17-7-10)18-14(20)9-2-1-3-11(6-9)21-8-12(16)19/h1-7H,8H2,(H2,16,19)(H,17,18,20). The molecule has 0 unspecified atom stereocenters. The number of amides is 2. The highest BCUT2D eigenvalue weighted by Gasteiger charge is 2.08. The van der Waals surface area contributed by atoms with E-state index in [1.807, 2.05) is 0 Å². The van der Waals surface area contributed by atoms with Gasteiger partial charge in [-0.2, -0.15) is 0 Å². The van der Waals surface area contributed by atoms with Crippen molar-refractivity contribution in [1.29, 1.82) is 0 Å². The zero-order chi connectivity index (χ0) is 15.2. The molecule has 0 aliphatic carbocycles. The molecule has 0 fully saturated rings. The summed E-state index contributed by atoms with van der Waals surface area (Å²) in [6.45, 7) is -0.246. The predicted octanol–water partition coefficient (Wildman–Crippen LogP) is 1.85. The number of hydrogen-bond acceptors (Lipinski definition) is 4. The molecule has 21 heavy (non-hydrogen) atoms. The first-order chi connectivity index (χ1) is 10.0. The van der Waals surface area contributed by atoms with Crippen LogP contribution in [0.2, 0.25) is 5.02 Å². The van der Waals surface area contributed by atoms with E-state index in [1.165, 1.54) is 12.3 Å². The minimum absolute atomic E-state index is 0.246. The molecule has 0 radical (unpaired) electrons. The van der Waals surface area contributed by atoms with Crippen molar-refractivity contribution in [2.24, 2.45) is 5.73 Å². The van der Waals surface area contributed by atoms with E-state index in [9.17, 15) is 9.59 Å². The van der Waals surface area contributed by atoms with Crippen molar-refractivity contribution in [2.45, 2.75) is 0 Å². The molecule has 2 amide bonds. The summed E-state index contributed by atoms with van der Waals surface area (Å²) >= 11 is 5.72. The molecule has 0 atom stereocenters. The van der Waals surface area contributed by atoms with Gasteiger partial charge in [0, 0.05) is 11.8 Å². The van der Waals surface area contributed by atoms with Gasteiger partial charge < -0.3 is 15.8 Å². The minimum atomic E-state index is -0.588. The third-order valence-corrected chi connectivity index (χ3v) is 2.67. The van der Waals surface area contributed by atoms with Crippen molar-refractivity contribution < 1.29 is 14.3 Å². The second kappa shape index (κ2) is 6.71. The molecule has 1 aromatic carbocycles. The van der Waals surface area contributed by atoms with Crippen LogP contribution >= 0.6 is 11.6 Å². The van der Waals surface area contributed by atoms with E-state index in [0.717, 1.165) is 0 Å². The number of nitrogens with two attached hydrogens (primary N) is 1. The Morgan fingerprint density at radius 3 is 2.76 bits per heavy atom. The molecule has 1 aromatic heterocycles. The molecule has 0 saturated heterocycles. The van der Waals surface area contributed by atoms with Crippen molar-refractivity contribution in [1.82, 2.24) is 4.98 Å². The van der Waals surface area contributed by atoms with E-state index in [1.54, 1.807) is 30.3 Å². The largest absolute Gasteiger partial charge is 0.484 e. The Kier molecular flexibility index (Phi) is 4.73. The molecule has 0 aliphatic rings. The van der Waals surface area contributed by atoms with Crippen molar-refractivity contribution in [2.75, 3.05) is 11.9 Å². The Morgan fingerprint density at radius 2 is 2.10 bits per heavy atom. The monoisotopic (exact) mass is 305 g/mol. The third-order valence-electron chi connectivity index (χ3n) is 2.45. The number of primary amides is 1. The highest BCUT2D eigenvalue weighted by molar-refractivity contribution is 6.30. The van der Waals surface area contributed by atoms with Gasteiger partial charge in [0.25, 0.3) is 11.8 Å². The molecule has 108 valence electrons. The van der Waals surface area contributed by atoms with Gasteiger partial charge in [0.15, 0.2) is 6.61 Å². The first-order valence-corrected chi connectivity index (χ1v) is 6.36. The van der Waals surface area contributed by atoms with Crippen molar-refractivity contribution in [3.63, 3.8) is 0 Å². The number of rotatable bonds is 5. The van der Waals surface area contributed by atoms with Gasteiger partial charge in [-0.3, -0.25) is 9.59 Å². The zero-order valence-corrected chi connectivity index (χ0v) is 11.6. The summed E-state index contributed by atoms with van der Waals surface area (Å²) in [4.78, 5) is 26.7. The van der Waals surface area contributed by atoms with Gasteiger partial charge in [-0.15, -0.1) is 0 Å². The number of carbonyl (C=O) groups excluding carboxylic acids is 2. The maximum Gasteiger partial charge on any atom is 0.256 e. The lowest BCUT2D eigenvalue weighted by atomic mass is 10.2. The lowest BCUT2D eigenvalue weighted by Gasteiger charge is -2.07. The molecule has 2 aromatic rings. The van der Waals surface area contributed by atoms with Gasteiger partial charge in [-0.05, 0) is 30.3 Å². The number of aromatic nitrogens is 1. The maximum atomic E-state index is 12.1. The summed E-state index contributed by atoms with van der Waals surface area (Å²) in [5, 5.41) is 3.10. The topological polar surface area (TPSA) is 94.3 Å². The van der Waals surface area contributed by atoms with E-state index in [0.29, 0.717) is 22.2 Å². The zero-order valence-electron chi connectivity index (χ0n) is 10.9. The Labute approximate surface area is 125 Å². The number of halogens is 1. The van der Waals surface area contributed by atoms with Gasteiger partial charge in [0.05, 0.1) is 5.02 Å². The Morgan fingerprint density at radius 1 is 1.29 bits per heavy atom. The molecular formula is C14H12ClN3O3. The van der Waals surface area contributed by atoms with Gasteiger partial charge >= 0.3 is 0 Å². The molecule has 7 heteroatoms. The number of benzene rings is 1. The van der Waals surface area contributed by atoms with Gasteiger partial charge in [-0.1, -0.05) is 17.7 Å². The second-order valence-corrected chi connectivity index (χ2v) is 4.54. The Bertz CT molecular complexity index is 659. The highest BCUT2D eigenvalue weighted by Crippen LogP contribution is 2.15. The molecule has 0 bridgehead atoms. The molecule has 0 aliphatic heterocycles. The Balaban J connectivity index is 2.06. The molecule has 1 heterocycles. The first-order valence-electron chi connectivity index (χ1n) is 5.98. The smallest absolute Gasteiger partial charge is 0.256 e. The molecule has 0 spiro atoms. The van der Waals surface area contributed by atoms with Crippen molar-refractivity contribution >= 4 is 29.2 Å². The summed E-state index contributed by atoms with van der Waals surface area (Å²) in [5.74, 6) is -0.178. The predicted molar refractivity (Wildman–Crippen MR) is 78.3 cm³/mol. The van der Waals surface area contributed by atoms with Crippen LogP contribution in [0.15, 0.2) is 42.6 Å². The lowest BCUT2D eigenvalue weighted by molar-refractivity contribution is -0.119. The van der Waals surface area contributed by atoms with Crippen LogP contribution < -0.4 is 15.8 Å². The summed E-state index contributed by atoms with van der Waals surface area (Å²) < 4.78 is 5.14. The van der Waals surface area contributed by atoms with Crippen LogP contribution in [0, 0.1) is 0 Å². The van der Waals surface area contributed by atoms with Crippen LogP contribution in [0.1, 0.15) is 10.4 Å². The number of nitrogens with one attached hydrogen (secondary N) is 1. The first kappa shape index (κ1) is 14.8. The highest BCUT2D eigenvalue weighted by atomic mass is 35.5. The van der Waals surface area contributed by atoms with Gasteiger partial charge in [0.2, 0.25) is 0 Å². The summed E-state index contributed by atoms with van der Waals surface area (Å²) in [6.07, 6.45) is 1.43. The number of carbonyl (C=O) groups is 2. The number of ether oxygens (including phenoxy) is 1. The van der Waals surface area contributed by atoms with Gasteiger partial charge in [0.1, 0.15) is 11.6 Å². The average Bonchev–Trinajstić information content (AvgIpc) is 2.48. The van der Waals surface area contributed by atoms with Crippen LogP contribution in [-0.4, -0.2) is 23.4 Å². The quantitative estimate of drug-likeness (QED) is 0.881. The lowest BCUT2D eigenvalue weighted by Crippen LogP contribution is -2.20. The average molecular weight is 306 g/mol. The molecule has 6 nitrogen and oxygen atoms in total. The van der Waals surface area contributed by atoms with Gasteiger partial charge in [-0.25, -0.2) is 4.98 Å².